The molecule has 2 aliphatic heterocycles. The summed E-state index contributed by atoms with van der Waals surface area (Å²) in [5, 5.41) is 0. The van der Waals surface area contributed by atoms with Gasteiger partial charge in [0, 0.05) is 12.6 Å². The van der Waals surface area contributed by atoms with E-state index in [0.717, 1.165) is 6.61 Å². The Morgan fingerprint density at radius 1 is 1.10 bits per heavy atom. The summed E-state index contributed by atoms with van der Waals surface area (Å²) in [4.78, 5) is 0. The van der Waals surface area contributed by atoms with Crippen molar-refractivity contribution in [2.75, 3.05) is 18.1 Å². The van der Waals surface area contributed by atoms with E-state index in [1.807, 2.05) is 0 Å². The van der Waals surface area contributed by atoms with E-state index in [9.17, 15) is 0 Å². The second-order valence-electron chi connectivity index (χ2n) is 7.64. The molecule has 20 heavy (non-hydrogen) atoms. The molecule has 1 saturated carbocycles. The monoisotopic (exact) mass is 297 g/mol. The first-order chi connectivity index (χ1) is 9.64. The molecule has 0 aromatic carbocycles. The molecule has 2 unspecified atom stereocenters. The summed E-state index contributed by atoms with van der Waals surface area (Å²) in [7, 11) is 0. The number of nitrogens with two attached hydrogens (primary N) is 1. The average molecular weight is 298 g/mol. The lowest BCUT2D eigenvalue weighted by Crippen LogP contribution is -2.52. The van der Waals surface area contributed by atoms with Gasteiger partial charge in [0.15, 0.2) is 0 Å². The zero-order valence-corrected chi connectivity index (χ0v) is 13.9. The van der Waals surface area contributed by atoms with Crippen LogP contribution in [0.3, 0.4) is 0 Å². The van der Waals surface area contributed by atoms with Gasteiger partial charge in [-0.15, -0.1) is 0 Å². The van der Waals surface area contributed by atoms with Crippen LogP contribution in [-0.4, -0.2) is 29.8 Å². The number of rotatable bonds is 2. The molecule has 1 spiro atoms. The number of ether oxygens (including phenoxy) is 1. The highest BCUT2D eigenvalue weighted by molar-refractivity contribution is 7.99. The van der Waals surface area contributed by atoms with Gasteiger partial charge < -0.3 is 10.5 Å². The van der Waals surface area contributed by atoms with Crippen LogP contribution in [0.2, 0.25) is 0 Å². The molecule has 3 aliphatic rings. The van der Waals surface area contributed by atoms with Gasteiger partial charge in [-0.1, -0.05) is 26.2 Å². The van der Waals surface area contributed by atoms with Crippen LogP contribution in [0.5, 0.6) is 0 Å². The molecule has 3 heteroatoms. The van der Waals surface area contributed by atoms with E-state index in [1.165, 1.54) is 69.3 Å². The Bertz CT molecular complexity index is 302. The third-order valence-corrected chi connectivity index (χ3v) is 7.23. The van der Waals surface area contributed by atoms with E-state index in [-0.39, 0.29) is 5.60 Å². The topological polar surface area (TPSA) is 35.2 Å². The van der Waals surface area contributed by atoms with Crippen molar-refractivity contribution in [1.29, 1.82) is 0 Å². The van der Waals surface area contributed by atoms with Gasteiger partial charge in [-0.3, -0.25) is 0 Å². The fourth-order valence-corrected chi connectivity index (χ4v) is 5.96. The van der Waals surface area contributed by atoms with Crippen LogP contribution in [-0.2, 0) is 4.74 Å². The fraction of sp³-hybridized carbons (Fsp3) is 1.00. The van der Waals surface area contributed by atoms with E-state index in [0.29, 0.717) is 17.4 Å². The minimum Gasteiger partial charge on any atom is -0.375 e. The second kappa shape index (κ2) is 6.18. The first kappa shape index (κ1) is 15.2. The second-order valence-corrected chi connectivity index (χ2v) is 8.86. The number of hydrogen-bond acceptors (Lipinski definition) is 3. The average Bonchev–Trinajstić information content (AvgIpc) is 2.48. The first-order valence-electron chi connectivity index (χ1n) is 8.61. The van der Waals surface area contributed by atoms with Gasteiger partial charge in [0.1, 0.15) is 0 Å². The maximum Gasteiger partial charge on any atom is 0.0701 e. The lowest BCUT2D eigenvalue weighted by atomic mass is 9.64. The van der Waals surface area contributed by atoms with Crippen molar-refractivity contribution in [3.63, 3.8) is 0 Å². The molecule has 0 radical (unpaired) electrons. The Balaban J connectivity index is 1.66. The van der Waals surface area contributed by atoms with Crippen molar-refractivity contribution in [3.8, 4) is 0 Å². The van der Waals surface area contributed by atoms with Crippen LogP contribution in [0.15, 0.2) is 0 Å². The van der Waals surface area contributed by atoms with Crippen molar-refractivity contribution >= 4 is 11.8 Å². The van der Waals surface area contributed by atoms with Crippen molar-refractivity contribution in [1.82, 2.24) is 0 Å². The quantitative estimate of drug-likeness (QED) is 0.837. The lowest BCUT2D eigenvalue weighted by molar-refractivity contribution is -0.112. The molecule has 2 nitrogen and oxygen atoms in total. The summed E-state index contributed by atoms with van der Waals surface area (Å²) in [5.74, 6) is 3.24. The summed E-state index contributed by atoms with van der Waals surface area (Å²) in [6.45, 7) is 3.40. The zero-order valence-electron chi connectivity index (χ0n) is 13.0. The first-order valence-corrected chi connectivity index (χ1v) is 9.76. The van der Waals surface area contributed by atoms with Crippen LogP contribution in [0, 0.1) is 11.3 Å². The summed E-state index contributed by atoms with van der Waals surface area (Å²) in [6, 6.07) is 0.387. The maximum atomic E-state index is 6.79. The highest BCUT2D eigenvalue weighted by atomic mass is 32.2. The molecule has 0 aromatic heterocycles. The van der Waals surface area contributed by atoms with Crippen molar-refractivity contribution < 1.29 is 4.74 Å². The number of hydrogen-bond donors (Lipinski definition) is 1. The third-order valence-electron chi connectivity index (χ3n) is 6.24. The van der Waals surface area contributed by atoms with E-state index < -0.39 is 0 Å². The van der Waals surface area contributed by atoms with Crippen LogP contribution in [0.25, 0.3) is 0 Å². The predicted octanol–water partition coefficient (Wildman–Crippen LogP) is 3.98. The van der Waals surface area contributed by atoms with Crippen LogP contribution in [0.1, 0.15) is 64.7 Å². The van der Waals surface area contributed by atoms with Gasteiger partial charge in [-0.2, -0.15) is 11.8 Å². The van der Waals surface area contributed by atoms with Crippen molar-refractivity contribution in [2.24, 2.45) is 17.1 Å². The molecular formula is C17H31NOS. The normalized spacial score (nSPS) is 34.8. The molecule has 3 fully saturated rings. The van der Waals surface area contributed by atoms with E-state index >= 15 is 0 Å². The predicted molar refractivity (Wildman–Crippen MR) is 87.1 cm³/mol. The van der Waals surface area contributed by atoms with Gasteiger partial charge in [-0.05, 0) is 61.4 Å². The van der Waals surface area contributed by atoms with Gasteiger partial charge in [0.05, 0.1) is 5.60 Å². The molecule has 2 heterocycles. The summed E-state index contributed by atoms with van der Waals surface area (Å²) < 4.78 is 6.24. The number of thioether (sulfide) groups is 1. The van der Waals surface area contributed by atoms with Gasteiger partial charge >= 0.3 is 0 Å². The molecule has 116 valence electrons. The summed E-state index contributed by atoms with van der Waals surface area (Å²) in [5.41, 5.74) is 7.37. The Kier molecular flexibility index (Phi) is 4.69. The standard InChI is InChI=1S/C17H31NOS/c1-16(6-3-2-4-7-16)15(18)14-5-10-19-17(13-14)8-11-20-12-9-17/h14-15H,2-13,18H2,1H3. The highest BCUT2D eigenvalue weighted by Crippen LogP contribution is 2.46. The molecule has 1 aliphatic carbocycles. The Morgan fingerprint density at radius 2 is 1.80 bits per heavy atom. The molecular weight excluding hydrogens is 266 g/mol. The molecule has 2 saturated heterocycles. The molecule has 3 rings (SSSR count). The van der Waals surface area contributed by atoms with Crippen molar-refractivity contribution in [2.45, 2.75) is 76.4 Å². The third kappa shape index (κ3) is 3.05. The fourth-order valence-electron chi connectivity index (χ4n) is 4.73. The molecule has 0 bridgehead atoms. The summed E-state index contributed by atoms with van der Waals surface area (Å²) >= 11 is 2.09. The van der Waals surface area contributed by atoms with E-state index in [4.69, 9.17) is 10.5 Å². The van der Waals surface area contributed by atoms with E-state index in [2.05, 4.69) is 18.7 Å². The SMILES string of the molecule is CC1(C(N)C2CCOC3(CCSCC3)C2)CCCCC1. The smallest absolute Gasteiger partial charge is 0.0701 e. The van der Waals surface area contributed by atoms with Crippen molar-refractivity contribution in [3.05, 3.63) is 0 Å². The largest absolute Gasteiger partial charge is 0.375 e. The van der Waals surface area contributed by atoms with Gasteiger partial charge in [0.25, 0.3) is 0 Å². The minimum absolute atomic E-state index is 0.191. The molecule has 2 N–H and O–H groups in total. The Hall–Kier alpha value is 0.270. The summed E-state index contributed by atoms with van der Waals surface area (Å²) in [6.07, 6.45) is 11.8. The Labute approximate surface area is 128 Å². The zero-order chi connectivity index (χ0) is 14.1. The highest BCUT2D eigenvalue weighted by Gasteiger charge is 2.44. The van der Waals surface area contributed by atoms with Gasteiger partial charge in [0.2, 0.25) is 0 Å². The molecule has 0 aromatic rings. The van der Waals surface area contributed by atoms with Crippen LogP contribution in [0.4, 0.5) is 0 Å². The van der Waals surface area contributed by atoms with E-state index in [1.54, 1.807) is 0 Å². The van der Waals surface area contributed by atoms with Crippen LogP contribution < -0.4 is 5.73 Å². The molecule has 2 atom stereocenters. The van der Waals surface area contributed by atoms with Crippen LogP contribution >= 0.6 is 11.8 Å². The van der Waals surface area contributed by atoms with Gasteiger partial charge in [-0.25, -0.2) is 0 Å². The maximum absolute atomic E-state index is 6.79. The Morgan fingerprint density at radius 3 is 2.50 bits per heavy atom. The minimum atomic E-state index is 0.191. The lowest BCUT2D eigenvalue weighted by Gasteiger charge is -2.49. The molecule has 0 amide bonds.